The molecule has 24 N–H and O–H groups in total. The number of carbonyl (C=O) groups excluding carboxylic acids is 11. The molecule has 1 heterocycles. The molecule has 2 rings (SSSR count). The predicted octanol–water partition coefficient (Wildman–Crippen LogP) is -3.64. The molecule has 0 aliphatic carbocycles. The van der Waals surface area contributed by atoms with Crippen molar-refractivity contribution >= 4 is 92.5 Å². The molecule has 0 bridgehead atoms. The van der Waals surface area contributed by atoms with E-state index < -0.39 is 144 Å². The number of rotatable bonds is 35. The molecule has 0 spiro atoms. The first kappa shape index (κ1) is 79.4. The minimum atomic E-state index is -1.72. The van der Waals surface area contributed by atoms with Gasteiger partial charge in [0.1, 0.15) is 60.3 Å². The Balaban J connectivity index is 2.76. The van der Waals surface area contributed by atoms with Gasteiger partial charge in [0.2, 0.25) is 65.0 Å². The zero-order valence-corrected chi connectivity index (χ0v) is 53.7. The summed E-state index contributed by atoms with van der Waals surface area (Å²) in [6, 6.07) is -3.96. The molecular weight excluding hydrogens is 1210 g/mol. The van der Waals surface area contributed by atoms with Gasteiger partial charge in [-0.2, -0.15) is 0 Å². The Morgan fingerprint density at radius 1 is 0.544 bits per heavy atom. The van der Waals surface area contributed by atoms with Gasteiger partial charge in [-0.05, 0) is 154 Å². The number of unbranched alkanes of at least 4 members (excludes halogenated alkanes) is 5. The number of amides is 11. The van der Waals surface area contributed by atoms with E-state index in [9.17, 15) is 67.7 Å². The van der Waals surface area contributed by atoms with Crippen molar-refractivity contribution in [2.24, 2.45) is 46.2 Å². The van der Waals surface area contributed by atoms with Gasteiger partial charge >= 0.3 is 5.97 Å². The van der Waals surface area contributed by atoms with Crippen molar-refractivity contribution in [3.63, 3.8) is 0 Å². The van der Waals surface area contributed by atoms with E-state index >= 15 is 0 Å². The number of carboxylic acids is 1. The number of primary amides is 1. The highest BCUT2D eigenvalue weighted by Crippen LogP contribution is 2.26. The molecule has 30 nitrogen and oxygen atoms in total. The molecule has 1 aliphatic rings. The maximum atomic E-state index is 14.7. The fourth-order valence-corrected chi connectivity index (χ4v) is 11.8. The van der Waals surface area contributed by atoms with Crippen molar-refractivity contribution in [3.8, 4) is 0 Å². The SMILES string of the molecule is CC(C)C[C@@H]1NC(=O)[C@H](Cc2ccccc2)NC(=O)[C@H](CCCCN)NC(=O)[C@@H](C(N)=O)CSSC[C@@H](C(=O)N[C@@H](CCCCN)C(=O)N[C@H](C(=O)NCC(=O)N[C@@H](CCCCN)C(=O)O)[C@@H](C)O)NC(=O)[C@H](CCCCN)NC(=O)[C@H](CCCCN)NC1=O. The lowest BCUT2D eigenvalue weighted by atomic mass is 9.99. The van der Waals surface area contributed by atoms with Crippen LogP contribution in [0.3, 0.4) is 0 Å². The van der Waals surface area contributed by atoms with Crippen molar-refractivity contribution in [2.75, 3.05) is 50.8 Å². The Bertz CT molecular complexity index is 2450. The van der Waals surface area contributed by atoms with Crippen LogP contribution in [0.25, 0.3) is 0 Å². The third-order valence-corrected chi connectivity index (χ3v) is 16.9. The van der Waals surface area contributed by atoms with Crippen LogP contribution in [0.1, 0.15) is 129 Å². The molecule has 1 aromatic rings. The first-order chi connectivity index (χ1) is 42.9. The van der Waals surface area contributed by atoms with Crippen LogP contribution >= 0.6 is 21.6 Å². The number of hydrogen-bond donors (Lipinski definition) is 18. The molecule has 1 fully saturated rings. The maximum Gasteiger partial charge on any atom is 0.326 e. The topological polar surface area (TPSA) is 522 Å². The van der Waals surface area contributed by atoms with Crippen LogP contribution in [-0.2, 0) is 64.0 Å². The average Bonchev–Trinajstić information content (AvgIpc) is 3.54. The van der Waals surface area contributed by atoms with Gasteiger partial charge < -0.3 is 97.8 Å². The van der Waals surface area contributed by atoms with Gasteiger partial charge in [-0.25, -0.2) is 4.79 Å². The van der Waals surface area contributed by atoms with E-state index in [-0.39, 0.29) is 95.0 Å². The lowest BCUT2D eigenvalue weighted by Crippen LogP contribution is -2.61. The monoisotopic (exact) mass is 1310 g/mol. The van der Waals surface area contributed by atoms with Gasteiger partial charge in [0.15, 0.2) is 0 Å². The molecule has 11 amide bonds. The second-order valence-electron chi connectivity index (χ2n) is 22.6. The smallest absolute Gasteiger partial charge is 0.326 e. The van der Waals surface area contributed by atoms with Gasteiger partial charge in [-0.3, -0.25) is 52.7 Å². The van der Waals surface area contributed by atoms with Gasteiger partial charge in [-0.1, -0.05) is 65.8 Å². The lowest BCUT2D eigenvalue weighted by Gasteiger charge is -2.29. The van der Waals surface area contributed by atoms with Crippen LogP contribution in [0.5, 0.6) is 0 Å². The number of benzene rings is 1. The Morgan fingerprint density at radius 2 is 0.989 bits per heavy atom. The number of carboxylic acid groups (broad SMARTS) is 1. The molecule has 1 saturated heterocycles. The fourth-order valence-electron chi connectivity index (χ4n) is 9.35. The van der Waals surface area contributed by atoms with E-state index in [1.54, 1.807) is 30.3 Å². The highest BCUT2D eigenvalue weighted by Gasteiger charge is 2.37. The van der Waals surface area contributed by atoms with Crippen molar-refractivity contribution in [1.29, 1.82) is 0 Å². The summed E-state index contributed by atoms with van der Waals surface area (Å²) < 4.78 is 0. The van der Waals surface area contributed by atoms with Crippen molar-refractivity contribution in [2.45, 2.75) is 190 Å². The second kappa shape index (κ2) is 44.7. The number of aliphatic hydroxyl groups is 1. The standard InChI is InChI=1S/C58H100N16O14S2/c1-34(2)29-43-54(83)69-39(20-8-13-25-60)50(79)68-40(21-9-14-26-61)52(81)73-45(56(85)70-41(22-10-15-27-62)53(82)74-47(35(3)75)57(86)65-31-46(76)66-42(58(87)88)23-11-16-28-63)33-90-89-32-37(48(64)77)49(78)67-38(19-7-12-24-59)51(80)72-44(55(84)71-43)30-36-17-5-4-6-18-36/h4-6,17-18,34-35,37-45,47,75H,7-16,19-33,59-63H2,1-3H3,(H2,64,77)(H,65,86)(H,66,76)(H,67,78)(H,68,79)(H,69,83)(H,70,85)(H,71,84)(H,72,80)(H,73,81)(H,74,82)(H,87,88)/t35-,37-,38+,39+,40+,41+,42+,43+,44+,45+,47+/m1/s1. The Morgan fingerprint density at radius 3 is 1.48 bits per heavy atom. The first-order valence-corrected chi connectivity index (χ1v) is 33.4. The van der Waals surface area contributed by atoms with E-state index in [1.807, 2.05) is 13.8 Å². The lowest BCUT2D eigenvalue weighted by molar-refractivity contribution is -0.142. The molecule has 32 heteroatoms. The molecule has 0 saturated carbocycles. The van der Waals surface area contributed by atoms with Crippen LogP contribution in [-0.4, -0.2) is 192 Å². The van der Waals surface area contributed by atoms with Crippen LogP contribution in [0, 0.1) is 11.8 Å². The zero-order chi connectivity index (χ0) is 67.1. The Kier molecular flexibility index (Phi) is 39.5. The predicted molar refractivity (Wildman–Crippen MR) is 341 cm³/mol. The summed E-state index contributed by atoms with van der Waals surface area (Å²) in [6.07, 6.45) is 2.15. The summed E-state index contributed by atoms with van der Waals surface area (Å²) in [5.74, 6) is -13.7. The molecule has 0 aromatic heterocycles. The summed E-state index contributed by atoms with van der Waals surface area (Å²) in [7, 11) is 1.80. The van der Waals surface area contributed by atoms with E-state index in [1.165, 1.54) is 6.92 Å². The van der Waals surface area contributed by atoms with Crippen LogP contribution in [0.2, 0.25) is 0 Å². The van der Waals surface area contributed by atoms with Crippen molar-refractivity contribution < 1.29 is 67.7 Å². The van der Waals surface area contributed by atoms with E-state index in [0.717, 1.165) is 21.6 Å². The third-order valence-electron chi connectivity index (χ3n) is 14.5. The first-order valence-electron chi connectivity index (χ1n) is 30.9. The van der Waals surface area contributed by atoms with E-state index in [0.29, 0.717) is 69.9 Å². The number of aliphatic hydroxyl groups excluding tert-OH is 1. The van der Waals surface area contributed by atoms with Gasteiger partial charge in [0, 0.05) is 17.9 Å². The number of nitrogens with two attached hydrogens (primary N) is 6. The number of hydrogen-bond acceptors (Lipinski definition) is 20. The van der Waals surface area contributed by atoms with Gasteiger partial charge in [-0.15, -0.1) is 0 Å². The zero-order valence-electron chi connectivity index (χ0n) is 52.1. The molecule has 1 aromatic carbocycles. The summed E-state index contributed by atoms with van der Waals surface area (Å²) in [5, 5.41) is 46.3. The highest BCUT2D eigenvalue weighted by molar-refractivity contribution is 8.76. The number of carbonyl (C=O) groups is 12. The van der Waals surface area contributed by atoms with Crippen molar-refractivity contribution in [1.82, 2.24) is 53.2 Å². The normalized spacial score (nSPS) is 21.5. The Labute approximate surface area is 534 Å². The summed E-state index contributed by atoms with van der Waals surface area (Å²) in [6.45, 7) is 5.25. The Hall–Kier alpha value is -6.68. The summed E-state index contributed by atoms with van der Waals surface area (Å²) >= 11 is 0. The van der Waals surface area contributed by atoms with E-state index in [2.05, 4.69) is 53.2 Å². The molecule has 0 unspecified atom stereocenters. The largest absolute Gasteiger partial charge is 0.480 e. The molecule has 11 atom stereocenters. The number of aliphatic carboxylic acids is 1. The van der Waals surface area contributed by atoms with Gasteiger partial charge in [0.25, 0.3) is 0 Å². The number of nitrogens with one attached hydrogen (secondary N) is 10. The van der Waals surface area contributed by atoms with Crippen LogP contribution in [0.15, 0.2) is 30.3 Å². The molecule has 1 aliphatic heterocycles. The third kappa shape index (κ3) is 30.9. The molecule has 0 radical (unpaired) electrons. The summed E-state index contributed by atoms with van der Waals surface area (Å²) in [4.78, 5) is 167. The van der Waals surface area contributed by atoms with Gasteiger partial charge in [0.05, 0.1) is 12.6 Å². The quantitative estimate of drug-likeness (QED) is 0.0177. The minimum Gasteiger partial charge on any atom is -0.480 e. The second-order valence-corrected chi connectivity index (χ2v) is 25.1. The summed E-state index contributed by atoms with van der Waals surface area (Å²) in [5.41, 5.74) is 35.2. The fraction of sp³-hybridized carbons (Fsp3) is 0.690. The highest BCUT2D eigenvalue weighted by atomic mass is 33.1. The van der Waals surface area contributed by atoms with Crippen molar-refractivity contribution in [3.05, 3.63) is 35.9 Å². The molecule has 508 valence electrons. The molecule has 90 heavy (non-hydrogen) atoms. The maximum absolute atomic E-state index is 14.7. The molecular formula is C58H100N16O14S2. The minimum absolute atomic E-state index is 0.0153. The average molecular weight is 1310 g/mol. The van der Waals surface area contributed by atoms with Crippen LogP contribution in [0.4, 0.5) is 0 Å². The van der Waals surface area contributed by atoms with E-state index in [4.69, 9.17) is 34.4 Å². The van der Waals surface area contributed by atoms with Crippen LogP contribution < -0.4 is 87.6 Å².